The number of fused-ring (bicyclic) bond motifs is 5. The van der Waals surface area contributed by atoms with Gasteiger partial charge in [0.25, 0.3) is 0 Å². The van der Waals surface area contributed by atoms with Crippen molar-refractivity contribution in [3.05, 3.63) is 106 Å². The minimum atomic E-state index is -0.156. The predicted octanol–water partition coefficient (Wildman–Crippen LogP) is 16.4. The number of Topliss-reactive ketones (excluding diaryl/α,β-unsaturated/α-hetero) is 1. The second kappa shape index (κ2) is 20.2. The summed E-state index contributed by atoms with van der Waals surface area (Å²) in [5, 5.41) is 12.1. The van der Waals surface area contributed by atoms with Gasteiger partial charge in [0.15, 0.2) is 5.75 Å². The number of aromatic amines is 1. The van der Waals surface area contributed by atoms with Crippen LogP contribution in [0.5, 0.6) is 5.75 Å². The van der Waals surface area contributed by atoms with Crippen molar-refractivity contribution in [2.24, 2.45) is 4.99 Å². The number of nitrogens with one attached hydrogen (secondary N) is 1. The van der Waals surface area contributed by atoms with Crippen LogP contribution in [0.1, 0.15) is 193 Å². The third kappa shape index (κ3) is 9.64. The molecule has 0 unspecified atom stereocenters. The number of carbonyl (C=O) groups is 1. The highest BCUT2D eigenvalue weighted by Gasteiger charge is 2.42. The quantitative estimate of drug-likeness (QED) is 0.0611. The number of nitrogens with zero attached hydrogens (tertiary/aromatic N) is 1. The van der Waals surface area contributed by atoms with Crippen LogP contribution < -0.4 is 0 Å². The van der Waals surface area contributed by atoms with Gasteiger partial charge >= 0.3 is 0 Å². The molecule has 2 aliphatic rings. The SMILES string of the molecule is CCCCCCCCCCCCC1(CCCCCCCCCCCC)c2cc(C)ccc2-c2ccc(-c3ccc4c(O)c(C5=Nc6cc(C)ccc6C5=O)[nH]c4c3)cc21. The molecule has 1 aliphatic carbocycles. The van der Waals surface area contributed by atoms with Crippen LogP contribution in [0.2, 0.25) is 0 Å². The summed E-state index contributed by atoms with van der Waals surface area (Å²) in [4.78, 5) is 21.5. The summed E-state index contributed by atoms with van der Waals surface area (Å²) >= 11 is 0. The molecule has 1 aliphatic heterocycles. The second-order valence-corrected chi connectivity index (χ2v) is 18.2. The van der Waals surface area contributed by atoms with Gasteiger partial charge in [0.1, 0.15) is 11.4 Å². The Morgan fingerprint density at radius 3 is 1.61 bits per heavy atom. The van der Waals surface area contributed by atoms with E-state index in [1.807, 2.05) is 31.2 Å². The first-order chi connectivity index (χ1) is 28.8. The Balaban J connectivity index is 1.14. The Morgan fingerprint density at radius 2 is 1.02 bits per heavy atom. The summed E-state index contributed by atoms with van der Waals surface area (Å²) < 4.78 is 0. The molecule has 5 aromatic rings. The van der Waals surface area contributed by atoms with E-state index in [1.54, 1.807) is 5.56 Å². The maximum atomic E-state index is 13.4. The van der Waals surface area contributed by atoms with Crippen molar-refractivity contribution in [3.8, 4) is 28.0 Å². The summed E-state index contributed by atoms with van der Waals surface area (Å²) in [5.41, 5.74) is 13.3. The molecule has 312 valence electrons. The molecule has 59 heavy (non-hydrogen) atoms. The number of aromatic hydroxyl groups is 1. The summed E-state index contributed by atoms with van der Waals surface area (Å²) in [6, 6.07) is 26.3. The Bertz CT molecular complexity index is 2210. The highest BCUT2D eigenvalue weighted by atomic mass is 16.3. The molecule has 4 aromatic carbocycles. The molecule has 0 atom stereocenters. The Hall–Kier alpha value is -4.44. The lowest BCUT2D eigenvalue weighted by atomic mass is 9.70. The van der Waals surface area contributed by atoms with Gasteiger partial charge in [-0.25, -0.2) is 4.99 Å². The monoisotopic (exact) mass is 791 g/mol. The molecule has 4 heteroatoms. The van der Waals surface area contributed by atoms with E-state index in [-0.39, 0.29) is 22.7 Å². The Kier molecular flexibility index (Phi) is 14.6. The fourth-order valence-electron chi connectivity index (χ4n) is 10.2. The van der Waals surface area contributed by atoms with Crippen LogP contribution in [0.25, 0.3) is 33.2 Å². The van der Waals surface area contributed by atoms with Gasteiger partial charge < -0.3 is 10.1 Å². The standard InChI is InChI=1S/C55H70N2O2/c1-5-7-9-11-13-15-17-19-21-23-33-55(34-24-22-20-18-16-14-12-10-8-6-2)47-35-39(3)25-29-43(47)44-31-27-41(37-48(44)55)42-28-32-46-50(38-42)57-52(54(46)59)51-53(58)45-30-26-40(4)36-49(45)56-51/h25-32,35-38,57,59H,5-24,33-34H2,1-4H3. The van der Waals surface area contributed by atoms with Gasteiger partial charge in [0.2, 0.25) is 5.78 Å². The van der Waals surface area contributed by atoms with Crippen molar-refractivity contribution in [3.63, 3.8) is 0 Å². The minimum Gasteiger partial charge on any atom is -0.505 e. The van der Waals surface area contributed by atoms with E-state index in [1.165, 1.54) is 169 Å². The zero-order valence-electron chi connectivity index (χ0n) is 36.8. The number of aromatic nitrogens is 1. The van der Waals surface area contributed by atoms with Crippen molar-refractivity contribution in [1.29, 1.82) is 0 Å². The average Bonchev–Trinajstić information content (AvgIpc) is 3.84. The molecule has 4 nitrogen and oxygen atoms in total. The van der Waals surface area contributed by atoms with E-state index in [0.717, 1.165) is 16.6 Å². The first kappa shape index (κ1) is 42.7. The molecule has 0 radical (unpaired) electrons. The summed E-state index contributed by atoms with van der Waals surface area (Å²) in [7, 11) is 0. The highest BCUT2D eigenvalue weighted by Crippen LogP contribution is 2.55. The van der Waals surface area contributed by atoms with Crippen LogP contribution in [-0.2, 0) is 5.41 Å². The van der Waals surface area contributed by atoms with Crippen LogP contribution in [0.4, 0.5) is 5.69 Å². The number of H-pyrrole nitrogens is 1. The Labute approximate surface area is 355 Å². The molecular formula is C55H70N2O2. The van der Waals surface area contributed by atoms with Crippen LogP contribution in [0.3, 0.4) is 0 Å². The maximum Gasteiger partial charge on any atom is 0.215 e. The number of carbonyl (C=O) groups excluding carboxylic acids is 1. The normalized spacial score (nSPS) is 13.9. The molecule has 0 spiro atoms. The van der Waals surface area contributed by atoms with E-state index in [4.69, 9.17) is 0 Å². The lowest BCUT2D eigenvalue weighted by Gasteiger charge is -2.33. The largest absolute Gasteiger partial charge is 0.505 e. The number of hydrogen-bond donors (Lipinski definition) is 2. The molecule has 0 saturated heterocycles. The molecule has 0 fully saturated rings. The van der Waals surface area contributed by atoms with Gasteiger partial charge in [-0.2, -0.15) is 0 Å². The lowest BCUT2D eigenvalue weighted by Crippen LogP contribution is -2.25. The molecule has 0 amide bonds. The van der Waals surface area contributed by atoms with Gasteiger partial charge in [-0.3, -0.25) is 4.79 Å². The molecular weight excluding hydrogens is 721 g/mol. The van der Waals surface area contributed by atoms with Crippen molar-refractivity contribution in [2.45, 2.75) is 174 Å². The van der Waals surface area contributed by atoms with Crippen LogP contribution in [0, 0.1) is 13.8 Å². The van der Waals surface area contributed by atoms with Crippen LogP contribution >= 0.6 is 0 Å². The van der Waals surface area contributed by atoms with Crippen molar-refractivity contribution < 1.29 is 9.90 Å². The van der Waals surface area contributed by atoms with Gasteiger partial charge in [0, 0.05) is 16.4 Å². The molecule has 2 heterocycles. The lowest BCUT2D eigenvalue weighted by molar-refractivity contribution is 0.106. The van der Waals surface area contributed by atoms with Gasteiger partial charge in [-0.05, 0) is 96.0 Å². The van der Waals surface area contributed by atoms with E-state index in [2.05, 4.69) is 79.3 Å². The fraction of sp³-hybridized carbons (Fsp3) is 0.491. The Morgan fingerprint density at radius 1 is 0.542 bits per heavy atom. The zero-order chi connectivity index (χ0) is 41.2. The molecule has 0 bridgehead atoms. The molecule has 2 N–H and O–H groups in total. The van der Waals surface area contributed by atoms with E-state index in [0.29, 0.717) is 22.3 Å². The maximum absolute atomic E-state index is 13.4. The molecule has 1 aromatic heterocycles. The highest BCUT2D eigenvalue weighted by molar-refractivity contribution is 6.55. The number of aliphatic imine (C=N–C) groups is 1. The average molecular weight is 791 g/mol. The van der Waals surface area contributed by atoms with E-state index < -0.39 is 0 Å². The van der Waals surface area contributed by atoms with Gasteiger partial charge in [0.05, 0.1) is 11.2 Å². The van der Waals surface area contributed by atoms with E-state index in [9.17, 15) is 9.90 Å². The zero-order valence-corrected chi connectivity index (χ0v) is 36.8. The van der Waals surface area contributed by atoms with Crippen molar-refractivity contribution in [2.75, 3.05) is 0 Å². The predicted molar refractivity (Wildman–Crippen MR) is 251 cm³/mol. The molecule has 0 saturated carbocycles. The number of benzene rings is 4. The number of rotatable bonds is 24. The fourth-order valence-corrected chi connectivity index (χ4v) is 10.2. The third-order valence-electron chi connectivity index (χ3n) is 13.6. The van der Waals surface area contributed by atoms with E-state index >= 15 is 0 Å². The summed E-state index contributed by atoms with van der Waals surface area (Å²) in [5.74, 6) is -0.0772. The summed E-state index contributed by atoms with van der Waals surface area (Å²) in [6.07, 6.45) is 29.4. The number of hydrogen-bond acceptors (Lipinski definition) is 3. The topological polar surface area (TPSA) is 65.5 Å². The second-order valence-electron chi connectivity index (χ2n) is 18.2. The first-order valence-corrected chi connectivity index (χ1v) is 23.7. The van der Waals surface area contributed by atoms with Gasteiger partial charge in [-0.15, -0.1) is 0 Å². The first-order valence-electron chi connectivity index (χ1n) is 23.7. The smallest absolute Gasteiger partial charge is 0.215 e. The van der Waals surface area contributed by atoms with Crippen molar-refractivity contribution in [1.82, 2.24) is 4.98 Å². The van der Waals surface area contributed by atoms with Gasteiger partial charge in [-0.1, -0.05) is 190 Å². The number of unbranched alkanes of at least 4 members (excludes halogenated alkanes) is 18. The van der Waals surface area contributed by atoms with Crippen LogP contribution in [0.15, 0.2) is 77.8 Å². The minimum absolute atomic E-state index is 0.00329. The van der Waals surface area contributed by atoms with Crippen molar-refractivity contribution >= 4 is 28.1 Å². The molecule has 7 rings (SSSR count). The van der Waals surface area contributed by atoms with Crippen LogP contribution in [-0.4, -0.2) is 21.6 Å². The third-order valence-corrected chi connectivity index (χ3v) is 13.6. The number of aryl methyl sites for hydroxylation is 2. The summed E-state index contributed by atoms with van der Waals surface area (Å²) in [6.45, 7) is 8.86. The number of ketones is 1.